The summed E-state index contributed by atoms with van der Waals surface area (Å²) in [6.45, 7) is 8.11. The molecule has 22 heavy (non-hydrogen) atoms. The first-order chi connectivity index (χ1) is 10.3. The van der Waals surface area contributed by atoms with Crippen molar-refractivity contribution in [1.82, 2.24) is 9.80 Å². The second-order valence-corrected chi connectivity index (χ2v) is 6.54. The maximum absolute atomic E-state index is 12.6. The van der Waals surface area contributed by atoms with E-state index in [1.807, 2.05) is 18.7 Å². The van der Waals surface area contributed by atoms with Crippen LogP contribution in [0.2, 0.25) is 0 Å². The fraction of sp³-hybridized carbons (Fsp3) is 0.611. The lowest BCUT2D eigenvalue weighted by Gasteiger charge is -2.31. The van der Waals surface area contributed by atoms with Crippen molar-refractivity contribution in [3.8, 4) is 0 Å². The van der Waals surface area contributed by atoms with E-state index in [1.165, 1.54) is 5.56 Å². The Morgan fingerprint density at radius 2 is 1.59 bits per heavy atom. The maximum Gasteiger partial charge on any atom is 0.242 e. The Labute approximate surface area is 135 Å². The van der Waals surface area contributed by atoms with Gasteiger partial charge in [-0.2, -0.15) is 0 Å². The molecule has 4 nitrogen and oxygen atoms in total. The molecule has 2 N–H and O–H groups in total. The predicted molar refractivity (Wildman–Crippen MR) is 92.4 cm³/mol. The van der Waals surface area contributed by atoms with E-state index in [0.29, 0.717) is 19.5 Å². The van der Waals surface area contributed by atoms with Crippen molar-refractivity contribution in [2.75, 3.05) is 20.6 Å². The Morgan fingerprint density at radius 1 is 1.09 bits per heavy atom. The van der Waals surface area contributed by atoms with E-state index in [2.05, 4.69) is 50.2 Å². The summed E-state index contributed by atoms with van der Waals surface area (Å²) in [6, 6.07) is 8.45. The Morgan fingerprint density at radius 3 is 2.00 bits per heavy atom. The van der Waals surface area contributed by atoms with Crippen molar-refractivity contribution in [2.24, 2.45) is 5.73 Å². The van der Waals surface area contributed by atoms with Gasteiger partial charge in [0.05, 0.1) is 5.54 Å². The molecule has 1 aromatic rings. The minimum absolute atomic E-state index is 0.0363. The number of hydrogen-bond donors (Lipinski definition) is 1. The molecule has 0 bridgehead atoms. The van der Waals surface area contributed by atoms with E-state index >= 15 is 0 Å². The molecule has 0 saturated heterocycles. The first-order valence-corrected chi connectivity index (χ1v) is 8.11. The molecule has 0 aromatic heterocycles. The zero-order valence-corrected chi connectivity index (χ0v) is 14.7. The van der Waals surface area contributed by atoms with Gasteiger partial charge >= 0.3 is 0 Å². The minimum Gasteiger partial charge on any atom is -0.337 e. The second kappa shape index (κ2) is 8.30. The molecular formula is C18H31N3O. The quantitative estimate of drug-likeness (QED) is 0.803. The van der Waals surface area contributed by atoms with Crippen LogP contribution in [0.5, 0.6) is 0 Å². The number of likely N-dealkylation sites (N-methyl/N-ethyl adjacent to an activating group) is 1. The van der Waals surface area contributed by atoms with Crippen LogP contribution in [0.15, 0.2) is 24.3 Å². The predicted octanol–water partition coefficient (Wildman–Crippen LogP) is 2.61. The molecule has 0 fully saturated rings. The third-order valence-corrected chi connectivity index (χ3v) is 3.82. The number of amides is 1. The van der Waals surface area contributed by atoms with Crippen molar-refractivity contribution < 1.29 is 4.79 Å². The van der Waals surface area contributed by atoms with E-state index in [-0.39, 0.29) is 5.91 Å². The monoisotopic (exact) mass is 305 g/mol. The van der Waals surface area contributed by atoms with Gasteiger partial charge < -0.3 is 15.5 Å². The average Bonchev–Trinajstić information content (AvgIpc) is 2.45. The van der Waals surface area contributed by atoms with Crippen LogP contribution in [0.3, 0.4) is 0 Å². The van der Waals surface area contributed by atoms with Crippen LogP contribution in [0.25, 0.3) is 0 Å². The number of nitrogens with zero attached hydrogens (tertiary/aromatic N) is 2. The zero-order chi connectivity index (χ0) is 16.8. The molecule has 1 amide bonds. The van der Waals surface area contributed by atoms with Gasteiger partial charge in [-0.25, -0.2) is 0 Å². The number of benzene rings is 1. The van der Waals surface area contributed by atoms with Gasteiger partial charge in [-0.3, -0.25) is 4.79 Å². The molecule has 1 unspecified atom stereocenters. The Hall–Kier alpha value is -1.39. The van der Waals surface area contributed by atoms with Gasteiger partial charge in [0.25, 0.3) is 0 Å². The van der Waals surface area contributed by atoms with Gasteiger partial charge in [0.2, 0.25) is 5.91 Å². The summed E-state index contributed by atoms with van der Waals surface area (Å²) in [5.74, 6) is 0.0363. The molecule has 0 radical (unpaired) electrons. The summed E-state index contributed by atoms with van der Waals surface area (Å²) in [6.07, 6.45) is 1.62. The zero-order valence-electron chi connectivity index (χ0n) is 14.7. The fourth-order valence-electron chi connectivity index (χ4n) is 2.65. The van der Waals surface area contributed by atoms with Crippen molar-refractivity contribution in [3.63, 3.8) is 0 Å². The maximum atomic E-state index is 12.6. The summed E-state index contributed by atoms with van der Waals surface area (Å²) in [4.78, 5) is 16.6. The van der Waals surface area contributed by atoms with Crippen molar-refractivity contribution in [3.05, 3.63) is 35.4 Å². The molecule has 0 spiro atoms. The van der Waals surface area contributed by atoms with E-state index < -0.39 is 5.54 Å². The van der Waals surface area contributed by atoms with Gasteiger partial charge in [0.15, 0.2) is 0 Å². The SMILES string of the molecule is CCCC(C)(N)C(=O)N(CC)Cc1ccc(CN(C)C)cc1. The summed E-state index contributed by atoms with van der Waals surface area (Å²) in [7, 11) is 4.11. The number of nitrogens with two attached hydrogens (primary N) is 1. The van der Waals surface area contributed by atoms with Crippen molar-refractivity contribution >= 4 is 5.91 Å². The lowest BCUT2D eigenvalue weighted by atomic mass is 9.95. The van der Waals surface area contributed by atoms with Crippen LogP contribution >= 0.6 is 0 Å². The molecule has 0 saturated carbocycles. The van der Waals surface area contributed by atoms with Gasteiger partial charge in [0.1, 0.15) is 0 Å². The highest BCUT2D eigenvalue weighted by atomic mass is 16.2. The molecule has 1 rings (SSSR count). The van der Waals surface area contributed by atoms with Gasteiger partial charge in [-0.15, -0.1) is 0 Å². The van der Waals surface area contributed by atoms with Gasteiger partial charge in [-0.05, 0) is 45.5 Å². The molecule has 0 aliphatic rings. The summed E-state index contributed by atoms with van der Waals surface area (Å²) < 4.78 is 0. The topological polar surface area (TPSA) is 49.6 Å². The molecule has 1 aromatic carbocycles. The van der Waals surface area contributed by atoms with Crippen LogP contribution in [0.4, 0.5) is 0 Å². The van der Waals surface area contributed by atoms with Gasteiger partial charge in [-0.1, -0.05) is 37.6 Å². The van der Waals surface area contributed by atoms with E-state index in [1.54, 1.807) is 0 Å². The number of carbonyl (C=O) groups excluding carboxylic acids is 1. The normalized spacial score (nSPS) is 14.0. The molecule has 0 aliphatic carbocycles. The third kappa shape index (κ3) is 5.43. The van der Waals surface area contributed by atoms with Crippen LogP contribution in [-0.4, -0.2) is 41.9 Å². The number of carbonyl (C=O) groups is 1. The molecule has 124 valence electrons. The first-order valence-electron chi connectivity index (χ1n) is 8.11. The van der Waals surface area contributed by atoms with Crippen LogP contribution in [0, 0.1) is 0 Å². The summed E-state index contributed by atoms with van der Waals surface area (Å²) in [5, 5.41) is 0. The molecule has 0 heterocycles. The first kappa shape index (κ1) is 18.7. The molecule has 4 heteroatoms. The van der Waals surface area contributed by atoms with E-state index in [4.69, 9.17) is 5.73 Å². The van der Waals surface area contributed by atoms with E-state index in [0.717, 1.165) is 18.5 Å². The highest BCUT2D eigenvalue weighted by Gasteiger charge is 2.31. The highest BCUT2D eigenvalue weighted by Crippen LogP contribution is 2.16. The van der Waals surface area contributed by atoms with Crippen LogP contribution < -0.4 is 5.73 Å². The smallest absolute Gasteiger partial charge is 0.242 e. The van der Waals surface area contributed by atoms with Gasteiger partial charge in [0, 0.05) is 19.6 Å². The molecule has 0 aliphatic heterocycles. The average molecular weight is 305 g/mol. The van der Waals surface area contributed by atoms with E-state index in [9.17, 15) is 4.79 Å². The summed E-state index contributed by atoms with van der Waals surface area (Å²) >= 11 is 0. The molecule has 1 atom stereocenters. The second-order valence-electron chi connectivity index (χ2n) is 6.54. The standard InChI is InChI=1S/C18H31N3O/c1-6-12-18(3,19)17(22)21(7-2)14-16-10-8-15(9-11-16)13-20(4)5/h8-11H,6-7,12-14,19H2,1-5H3. The van der Waals surface area contributed by atoms with Crippen LogP contribution in [0.1, 0.15) is 44.7 Å². The molecular weight excluding hydrogens is 274 g/mol. The number of hydrogen-bond acceptors (Lipinski definition) is 3. The number of rotatable bonds is 8. The largest absolute Gasteiger partial charge is 0.337 e. The van der Waals surface area contributed by atoms with Crippen molar-refractivity contribution in [2.45, 2.75) is 52.2 Å². The van der Waals surface area contributed by atoms with Crippen LogP contribution in [-0.2, 0) is 17.9 Å². The summed E-state index contributed by atoms with van der Waals surface area (Å²) in [5.41, 5.74) is 7.83. The van der Waals surface area contributed by atoms with Crippen molar-refractivity contribution in [1.29, 1.82) is 0 Å². The fourth-order valence-corrected chi connectivity index (χ4v) is 2.65. The Kier molecular flexibility index (Phi) is 7.04. The Bertz CT molecular complexity index is 466. The lowest BCUT2D eigenvalue weighted by Crippen LogP contribution is -2.52. The minimum atomic E-state index is -0.768. The highest BCUT2D eigenvalue weighted by molar-refractivity contribution is 5.85. The third-order valence-electron chi connectivity index (χ3n) is 3.82. The lowest BCUT2D eigenvalue weighted by molar-refractivity contribution is -0.137. The Balaban J connectivity index is 2.75.